The second kappa shape index (κ2) is 8.41. The number of ketones is 2. The van der Waals surface area contributed by atoms with Crippen molar-refractivity contribution < 1.29 is 14.7 Å². The third-order valence-electron chi connectivity index (χ3n) is 4.74. The Kier molecular flexibility index (Phi) is 5.96. The highest BCUT2D eigenvalue weighted by atomic mass is 16.3. The predicted molar refractivity (Wildman–Crippen MR) is 111 cm³/mol. The normalized spacial score (nSPS) is 12.7. The SMILES string of the molecule is CNCCNc1cccc2c1C(=O)c1c(O)ccc(NCCN(C)C)c1C2=O. The summed E-state index contributed by atoms with van der Waals surface area (Å²) in [5, 5.41) is 19.8. The average Bonchev–Trinajstić information content (AvgIpc) is 2.67. The quantitative estimate of drug-likeness (QED) is 0.348. The van der Waals surface area contributed by atoms with E-state index in [0.717, 1.165) is 6.54 Å². The summed E-state index contributed by atoms with van der Waals surface area (Å²) in [6.07, 6.45) is 0. The predicted octanol–water partition coefficient (Wildman–Crippen LogP) is 1.77. The zero-order chi connectivity index (χ0) is 20.3. The van der Waals surface area contributed by atoms with Crippen molar-refractivity contribution in [2.45, 2.75) is 0 Å². The van der Waals surface area contributed by atoms with Crippen LogP contribution in [-0.4, -0.2) is 68.9 Å². The van der Waals surface area contributed by atoms with E-state index in [1.165, 1.54) is 6.07 Å². The molecule has 148 valence electrons. The molecule has 0 spiro atoms. The number of likely N-dealkylation sites (N-methyl/N-ethyl adjacent to an activating group) is 2. The van der Waals surface area contributed by atoms with E-state index in [0.29, 0.717) is 42.1 Å². The van der Waals surface area contributed by atoms with Crippen LogP contribution in [-0.2, 0) is 0 Å². The molecule has 0 bridgehead atoms. The van der Waals surface area contributed by atoms with Gasteiger partial charge in [0.1, 0.15) is 5.75 Å². The van der Waals surface area contributed by atoms with E-state index in [1.54, 1.807) is 24.3 Å². The lowest BCUT2D eigenvalue weighted by molar-refractivity contribution is 0.0978. The van der Waals surface area contributed by atoms with Crippen molar-refractivity contribution in [1.29, 1.82) is 0 Å². The average molecular weight is 382 g/mol. The van der Waals surface area contributed by atoms with Gasteiger partial charge in [-0.3, -0.25) is 9.59 Å². The fourth-order valence-corrected chi connectivity index (χ4v) is 3.33. The van der Waals surface area contributed by atoms with Crippen molar-refractivity contribution >= 4 is 22.9 Å². The molecule has 1 aliphatic rings. The van der Waals surface area contributed by atoms with Crippen LogP contribution >= 0.6 is 0 Å². The molecule has 0 atom stereocenters. The molecule has 2 aromatic carbocycles. The lowest BCUT2D eigenvalue weighted by atomic mass is 9.81. The zero-order valence-electron chi connectivity index (χ0n) is 16.4. The molecule has 0 radical (unpaired) electrons. The smallest absolute Gasteiger partial charge is 0.200 e. The monoisotopic (exact) mass is 382 g/mol. The van der Waals surface area contributed by atoms with Crippen molar-refractivity contribution in [3.05, 3.63) is 52.6 Å². The second-order valence-electron chi connectivity index (χ2n) is 7.03. The minimum absolute atomic E-state index is 0.0650. The number of nitrogens with zero attached hydrogens (tertiary/aromatic N) is 1. The van der Waals surface area contributed by atoms with Gasteiger partial charge in [0.2, 0.25) is 0 Å². The molecular formula is C21H26N4O3. The molecular weight excluding hydrogens is 356 g/mol. The van der Waals surface area contributed by atoms with Gasteiger partial charge in [0.05, 0.1) is 16.7 Å². The number of nitrogens with one attached hydrogen (secondary N) is 3. The minimum Gasteiger partial charge on any atom is -0.507 e. The first-order chi connectivity index (χ1) is 13.5. The first kappa shape index (κ1) is 19.9. The molecule has 4 N–H and O–H groups in total. The number of phenolic OH excluding ortho intramolecular Hbond substituents is 1. The molecule has 0 unspecified atom stereocenters. The Balaban J connectivity index is 2.03. The van der Waals surface area contributed by atoms with Gasteiger partial charge < -0.3 is 26.0 Å². The van der Waals surface area contributed by atoms with Crippen LogP contribution in [0.4, 0.5) is 11.4 Å². The zero-order valence-corrected chi connectivity index (χ0v) is 16.4. The van der Waals surface area contributed by atoms with Crippen molar-refractivity contribution in [2.75, 3.05) is 58.0 Å². The Morgan fingerprint density at radius 1 is 0.857 bits per heavy atom. The molecule has 0 fully saturated rings. The number of fused-ring (bicyclic) bond motifs is 2. The molecule has 0 amide bonds. The first-order valence-electron chi connectivity index (χ1n) is 9.31. The lowest BCUT2D eigenvalue weighted by Gasteiger charge is -2.24. The standard InChI is InChI=1S/C21H26N4O3/c1-22-9-10-23-14-6-4-5-13-17(14)21(28)19-16(26)8-7-15(18(19)20(13)27)24-11-12-25(2)3/h4-8,22-24,26H,9-12H2,1-3H3. The maximum Gasteiger partial charge on any atom is 0.200 e. The molecule has 1 aliphatic carbocycles. The summed E-state index contributed by atoms with van der Waals surface area (Å²) in [5.41, 5.74) is 2.14. The van der Waals surface area contributed by atoms with Crippen LogP contribution in [0.1, 0.15) is 31.8 Å². The Morgan fingerprint density at radius 2 is 1.57 bits per heavy atom. The summed E-state index contributed by atoms with van der Waals surface area (Å²) < 4.78 is 0. The summed E-state index contributed by atoms with van der Waals surface area (Å²) in [5.74, 6) is -0.779. The lowest BCUT2D eigenvalue weighted by Crippen LogP contribution is -2.26. The minimum atomic E-state index is -0.342. The van der Waals surface area contributed by atoms with Gasteiger partial charge in [0.25, 0.3) is 0 Å². The van der Waals surface area contributed by atoms with E-state index in [-0.39, 0.29) is 28.4 Å². The number of rotatable bonds is 8. The van der Waals surface area contributed by atoms with Crippen LogP contribution < -0.4 is 16.0 Å². The van der Waals surface area contributed by atoms with Crippen LogP contribution in [0.15, 0.2) is 30.3 Å². The Bertz CT molecular complexity index is 909. The van der Waals surface area contributed by atoms with Gasteiger partial charge in [-0.05, 0) is 39.3 Å². The summed E-state index contributed by atoms with van der Waals surface area (Å²) in [6, 6.07) is 8.31. The van der Waals surface area contributed by atoms with Gasteiger partial charge >= 0.3 is 0 Å². The largest absolute Gasteiger partial charge is 0.507 e. The topological polar surface area (TPSA) is 93.7 Å². The Morgan fingerprint density at radius 3 is 2.29 bits per heavy atom. The highest BCUT2D eigenvalue weighted by Gasteiger charge is 2.35. The number of anilines is 2. The summed E-state index contributed by atoms with van der Waals surface area (Å²) in [4.78, 5) is 28.5. The molecule has 0 aromatic heterocycles. The highest BCUT2D eigenvalue weighted by Crippen LogP contribution is 2.39. The van der Waals surface area contributed by atoms with Crippen molar-refractivity contribution in [3.63, 3.8) is 0 Å². The number of phenols is 1. The maximum atomic E-state index is 13.3. The van der Waals surface area contributed by atoms with Crippen LogP contribution in [0.5, 0.6) is 5.75 Å². The highest BCUT2D eigenvalue weighted by molar-refractivity contribution is 6.32. The summed E-state index contributed by atoms with van der Waals surface area (Å²) in [7, 11) is 5.76. The number of aromatic hydroxyl groups is 1. The number of hydrogen-bond donors (Lipinski definition) is 4. The van der Waals surface area contributed by atoms with Gasteiger partial charge in [-0.15, -0.1) is 0 Å². The van der Waals surface area contributed by atoms with Crippen LogP contribution in [0.25, 0.3) is 0 Å². The van der Waals surface area contributed by atoms with E-state index < -0.39 is 0 Å². The number of carbonyl (C=O) groups excluding carboxylic acids is 2. The molecule has 3 rings (SSSR count). The number of benzene rings is 2. The van der Waals surface area contributed by atoms with E-state index in [2.05, 4.69) is 16.0 Å². The Labute approximate surface area is 164 Å². The second-order valence-corrected chi connectivity index (χ2v) is 7.03. The van der Waals surface area contributed by atoms with Gasteiger partial charge in [0.15, 0.2) is 11.6 Å². The van der Waals surface area contributed by atoms with Gasteiger partial charge in [-0.1, -0.05) is 12.1 Å². The van der Waals surface area contributed by atoms with E-state index in [9.17, 15) is 14.7 Å². The third-order valence-corrected chi connectivity index (χ3v) is 4.74. The Hall–Kier alpha value is -2.90. The molecule has 0 aliphatic heterocycles. The van der Waals surface area contributed by atoms with Gasteiger partial charge in [-0.25, -0.2) is 0 Å². The fourth-order valence-electron chi connectivity index (χ4n) is 3.33. The number of carbonyl (C=O) groups is 2. The molecule has 0 heterocycles. The molecule has 7 heteroatoms. The van der Waals surface area contributed by atoms with E-state index in [1.807, 2.05) is 26.0 Å². The molecule has 2 aromatic rings. The van der Waals surface area contributed by atoms with Crippen LogP contribution in [0.3, 0.4) is 0 Å². The van der Waals surface area contributed by atoms with Gasteiger partial charge in [-0.2, -0.15) is 0 Å². The molecule has 7 nitrogen and oxygen atoms in total. The van der Waals surface area contributed by atoms with Crippen molar-refractivity contribution in [3.8, 4) is 5.75 Å². The van der Waals surface area contributed by atoms with E-state index in [4.69, 9.17) is 0 Å². The molecule has 0 saturated heterocycles. The van der Waals surface area contributed by atoms with Crippen molar-refractivity contribution in [1.82, 2.24) is 10.2 Å². The fraction of sp³-hybridized carbons (Fsp3) is 0.333. The molecule has 28 heavy (non-hydrogen) atoms. The van der Waals surface area contributed by atoms with E-state index >= 15 is 0 Å². The summed E-state index contributed by atoms with van der Waals surface area (Å²) in [6.45, 7) is 2.71. The van der Waals surface area contributed by atoms with Crippen molar-refractivity contribution in [2.24, 2.45) is 0 Å². The maximum absolute atomic E-state index is 13.3. The van der Waals surface area contributed by atoms with Gasteiger partial charge in [0, 0.05) is 43.1 Å². The first-order valence-corrected chi connectivity index (χ1v) is 9.31. The van der Waals surface area contributed by atoms with Crippen LogP contribution in [0, 0.1) is 0 Å². The molecule has 0 saturated carbocycles. The third kappa shape index (κ3) is 3.72. The number of hydrogen-bond acceptors (Lipinski definition) is 7. The van der Waals surface area contributed by atoms with Crippen LogP contribution in [0.2, 0.25) is 0 Å². The summed E-state index contributed by atoms with van der Waals surface area (Å²) >= 11 is 0.